The Morgan fingerprint density at radius 2 is 1.88 bits per heavy atom. The summed E-state index contributed by atoms with van der Waals surface area (Å²) in [4.78, 5) is 23.6. The summed E-state index contributed by atoms with van der Waals surface area (Å²) in [5, 5.41) is 5.03. The normalized spacial score (nSPS) is 11.9. The molecule has 0 radical (unpaired) electrons. The fourth-order valence-corrected chi connectivity index (χ4v) is 2.41. The van der Waals surface area contributed by atoms with E-state index in [1.807, 2.05) is 13.8 Å². The van der Waals surface area contributed by atoms with Gasteiger partial charge in [0.2, 0.25) is 21.8 Å². The monoisotopic (exact) mass is 408 g/mol. The Labute approximate surface area is 159 Å². The van der Waals surface area contributed by atoms with Crippen LogP contribution >= 0.6 is 12.4 Å². The first kappa shape index (κ1) is 24.0. The number of hydrogen-bond donors (Lipinski definition) is 4. The molecule has 148 valence electrons. The Balaban J connectivity index is 0.00000625. The predicted molar refractivity (Wildman–Crippen MR) is 103 cm³/mol. The quantitative estimate of drug-likeness (QED) is 0.494. The molecule has 26 heavy (non-hydrogen) atoms. The highest BCUT2D eigenvalue weighted by molar-refractivity contribution is 7.92. The minimum absolute atomic E-state index is 0. The number of hydrogen-bond acceptors (Lipinski definition) is 6. The summed E-state index contributed by atoms with van der Waals surface area (Å²) in [5.41, 5.74) is 6.33. The van der Waals surface area contributed by atoms with Gasteiger partial charge in [-0.3, -0.25) is 14.3 Å². The lowest BCUT2D eigenvalue weighted by Gasteiger charge is -2.15. The third-order valence-electron chi connectivity index (χ3n) is 3.22. The van der Waals surface area contributed by atoms with Crippen molar-refractivity contribution in [2.75, 3.05) is 29.9 Å². The zero-order valence-electron chi connectivity index (χ0n) is 15.0. The molecule has 1 aromatic carbocycles. The fourth-order valence-electron chi connectivity index (χ4n) is 1.85. The summed E-state index contributed by atoms with van der Waals surface area (Å²) < 4.78 is 30.0. The highest BCUT2D eigenvalue weighted by Gasteiger charge is 2.17. The topological polar surface area (TPSA) is 140 Å². The average Bonchev–Trinajstić information content (AvgIpc) is 2.51. The molecule has 0 saturated carbocycles. The smallest absolute Gasteiger partial charge is 0.243 e. The van der Waals surface area contributed by atoms with Crippen molar-refractivity contribution in [1.29, 1.82) is 0 Å². The summed E-state index contributed by atoms with van der Waals surface area (Å²) in [6.07, 6.45) is 1.02. The van der Waals surface area contributed by atoms with Gasteiger partial charge in [0.15, 0.2) is 0 Å². The van der Waals surface area contributed by atoms with E-state index in [-0.39, 0.29) is 36.3 Å². The lowest BCUT2D eigenvalue weighted by molar-refractivity contribution is -0.125. The molecule has 0 saturated heterocycles. The van der Waals surface area contributed by atoms with Crippen LogP contribution in [0.2, 0.25) is 0 Å². The van der Waals surface area contributed by atoms with Crippen molar-refractivity contribution >= 4 is 45.6 Å². The van der Waals surface area contributed by atoms with Gasteiger partial charge in [0.25, 0.3) is 0 Å². The van der Waals surface area contributed by atoms with Gasteiger partial charge in [-0.1, -0.05) is 13.8 Å². The van der Waals surface area contributed by atoms with Crippen LogP contribution in [0.15, 0.2) is 18.2 Å². The summed E-state index contributed by atoms with van der Waals surface area (Å²) >= 11 is 0. The number of rotatable bonds is 8. The van der Waals surface area contributed by atoms with E-state index >= 15 is 0 Å². The number of carbonyl (C=O) groups excluding carboxylic acids is 2. The van der Waals surface area contributed by atoms with Crippen molar-refractivity contribution in [3.05, 3.63) is 18.2 Å². The molecular weight excluding hydrogens is 384 g/mol. The van der Waals surface area contributed by atoms with E-state index < -0.39 is 27.9 Å². The lowest BCUT2D eigenvalue weighted by Crippen LogP contribution is -2.46. The van der Waals surface area contributed by atoms with Crippen LogP contribution in [0.25, 0.3) is 0 Å². The van der Waals surface area contributed by atoms with Crippen LogP contribution in [-0.2, 0) is 19.6 Å². The van der Waals surface area contributed by atoms with Gasteiger partial charge in [0.05, 0.1) is 31.6 Å². The maximum absolute atomic E-state index is 11.9. The molecule has 0 spiro atoms. The molecular formula is C15H25ClN4O5S. The van der Waals surface area contributed by atoms with E-state index in [2.05, 4.69) is 15.4 Å². The number of amides is 2. The molecule has 11 heteroatoms. The Hall–Kier alpha value is -2.04. The zero-order chi connectivity index (χ0) is 19.2. The molecule has 0 heterocycles. The number of nitrogens with two attached hydrogens (primary N) is 1. The second kappa shape index (κ2) is 10.2. The first-order valence-corrected chi connectivity index (χ1v) is 9.41. The number of benzene rings is 1. The molecule has 0 aliphatic rings. The SMILES string of the molecule is COc1cc(NC(=O)CNC(=O)[C@@H](N)C(C)C)ccc1NS(C)(=O)=O.Cl. The molecule has 9 nitrogen and oxygen atoms in total. The minimum Gasteiger partial charge on any atom is -0.494 e. The lowest BCUT2D eigenvalue weighted by atomic mass is 10.1. The maximum Gasteiger partial charge on any atom is 0.243 e. The molecule has 0 aromatic heterocycles. The molecule has 0 unspecified atom stereocenters. The fraction of sp³-hybridized carbons (Fsp3) is 0.467. The number of ether oxygens (including phenoxy) is 1. The first-order valence-electron chi connectivity index (χ1n) is 7.52. The van der Waals surface area contributed by atoms with Gasteiger partial charge in [0, 0.05) is 11.8 Å². The van der Waals surface area contributed by atoms with Gasteiger partial charge in [-0.05, 0) is 18.1 Å². The van der Waals surface area contributed by atoms with Crippen LogP contribution in [0.5, 0.6) is 5.75 Å². The molecule has 1 rings (SSSR count). The van der Waals surface area contributed by atoms with Gasteiger partial charge in [-0.25, -0.2) is 8.42 Å². The van der Waals surface area contributed by atoms with Crippen molar-refractivity contribution in [1.82, 2.24) is 5.32 Å². The third-order valence-corrected chi connectivity index (χ3v) is 3.82. The Kier molecular flexibility index (Phi) is 9.39. The molecule has 0 fully saturated rings. The number of anilines is 2. The number of sulfonamides is 1. The van der Waals surface area contributed by atoms with Crippen LogP contribution in [-0.4, -0.2) is 46.2 Å². The Morgan fingerprint density at radius 3 is 2.38 bits per heavy atom. The third kappa shape index (κ3) is 7.89. The summed E-state index contributed by atoms with van der Waals surface area (Å²) in [6.45, 7) is 3.39. The zero-order valence-corrected chi connectivity index (χ0v) is 16.7. The predicted octanol–water partition coefficient (Wildman–Crippen LogP) is 0.527. The largest absolute Gasteiger partial charge is 0.494 e. The Bertz CT molecular complexity index is 740. The maximum atomic E-state index is 11.9. The highest BCUT2D eigenvalue weighted by Crippen LogP contribution is 2.28. The summed E-state index contributed by atoms with van der Waals surface area (Å²) in [7, 11) is -2.08. The van der Waals surface area contributed by atoms with E-state index in [9.17, 15) is 18.0 Å². The molecule has 0 aliphatic carbocycles. The van der Waals surface area contributed by atoms with Crippen LogP contribution in [0.1, 0.15) is 13.8 Å². The molecule has 0 aliphatic heterocycles. The van der Waals surface area contributed by atoms with E-state index in [0.29, 0.717) is 5.69 Å². The molecule has 2 amide bonds. The summed E-state index contributed by atoms with van der Waals surface area (Å²) in [5.74, 6) is -0.651. The van der Waals surface area contributed by atoms with Gasteiger partial charge >= 0.3 is 0 Å². The minimum atomic E-state index is -3.46. The average molecular weight is 409 g/mol. The van der Waals surface area contributed by atoms with E-state index in [1.165, 1.54) is 25.3 Å². The second-order valence-corrected chi connectivity index (χ2v) is 7.57. The van der Waals surface area contributed by atoms with Crippen molar-refractivity contribution < 1.29 is 22.7 Å². The number of carbonyl (C=O) groups is 2. The van der Waals surface area contributed by atoms with Gasteiger partial charge in [0.1, 0.15) is 5.75 Å². The van der Waals surface area contributed by atoms with Crippen molar-refractivity contribution in [3.8, 4) is 5.75 Å². The van der Waals surface area contributed by atoms with Crippen LogP contribution in [0.3, 0.4) is 0 Å². The van der Waals surface area contributed by atoms with E-state index in [0.717, 1.165) is 6.26 Å². The molecule has 5 N–H and O–H groups in total. The van der Waals surface area contributed by atoms with Gasteiger partial charge < -0.3 is 21.1 Å². The van der Waals surface area contributed by atoms with Crippen molar-refractivity contribution in [3.63, 3.8) is 0 Å². The number of nitrogens with one attached hydrogen (secondary N) is 3. The van der Waals surface area contributed by atoms with Crippen LogP contribution in [0.4, 0.5) is 11.4 Å². The molecule has 0 bridgehead atoms. The van der Waals surface area contributed by atoms with Crippen molar-refractivity contribution in [2.24, 2.45) is 11.7 Å². The molecule has 1 aromatic rings. The van der Waals surface area contributed by atoms with E-state index in [4.69, 9.17) is 10.5 Å². The summed E-state index contributed by atoms with van der Waals surface area (Å²) in [6, 6.07) is 3.75. The Morgan fingerprint density at radius 1 is 1.27 bits per heavy atom. The number of methoxy groups -OCH3 is 1. The van der Waals surface area contributed by atoms with Crippen LogP contribution in [0, 0.1) is 5.92 Å². The van der Waals surface area contributed by atoms with Gasteiger partial charge in [-0.2, -0.15) is 0 Å². The van der Waals surface area contributed by atoms with Crippen molar-refractivity contribution in [2.45, 2.75) is 19.9 Å². The standard InChI is InChI=1S/C15H24N4O5S.ClH/c1-9(2)14(16)15(21)17-8-13(20)18-10-5-6-11(12(7-10)24-3)19-25(4,22)23;/h5-7,9,14,19H,8,16H2,1-4H3,(H,17,21)(H,18,20);1H/t14-;/m0./s1. The highest BCUT2D eigenvalue weighted by atomic mass is 35.5. The second-order valence-electron chi connectivity index (χ2n) is 5.83. The van der Waals surface area contributed by atoms with Crippen LogP contribution < -0.4 is 25.8 Å². The first-order chi connectivity index (χ1) is 11.5. The van der Waals surface area contributed by atoms with Gasteiger partial charge in [-0.15, -0.1) is 12.4 Å². The van der Waals surface area contributed by atoms with E-state index in [1.54, 1.807) is 0 Å². The number of halogens is 1. The molecule has 1 atom stereocenters.